The number of nitrogen functional groups attached to an aromatic ring is 1. The maximum atomic E-state index is 9.69. The summed E-state index contributed by atoms with van der Waals surface area (Å²) < 4.78 is 12.1. The summed E-state index contributed by atoms with van der Waals surface area (Å²) in [5, 5.41) is 19.2. The Hall–Kier alpha value is -3.30. The number of rotatable bonds is 5. The van der Waals surface area contributed by atoms with Crippen LogP contribution in [0.1, 0.15) is 34.9 Å². The van der Waals surface area contributed by atoms with E-state index in [0.717, 1.165) is 25.8 Å². The van der Waals surface area contributed by atoms with Crippen molar-refractivity contribution in [2.24, 2.45) is 0 Å². The maximum Gasteiger partial charge on any atom is 0.174 e. The molecule has 0 radical (unpaired) electrons. The second-order valence-corrected chi connectivity index (χ2v) is 7.80. The Morgan fingerprint density at radius 1 is 1.27 bits per heavy atom. The second kappa shape index (κ2) is 8.60. The van der Waals surface area contributed by atoms with Crippen LogP contribution in [-0.2, 0) is 0 Å². The van der Waals surface area contributed by atoms with Gasteiger partial charge in [-0.25, -0.2) is 4.98 Å². The van der Waals surface area contributed by atoms with Crippen LogP contribution in [0.4, 0.5) is 5.82 Å². The number of anilines is 1. The van der Waals surface area contributed by atoms with Gasteiger partial charge in [-0.2, -0.15) is 10.5 Å². The number of aromatic nitrogens is 1. The Kier molecular flexibility index (Phi) is 6.14. The van der Waals surface area contributed by atoms with Gasteiger partial charge in [0.2, 0.25) is 0 Å². The Bertz CT molecular complexity index is 1210. The van der Waals surface area contributed by atoms with Gasteiger partial charge in [0.1, 0.15) is 24.6 Å². The van der Waals surface area contributed by atoms with Crippen molar-refractivity contribution in [3.8, 4) is 23.6 Å². The van der Waals surface area contributed by atoms with E-state index in [-0.39, 0.29) is 5.82 Å². The van der Waals surface area contributed by atoms with Gasteiger partial charge < -0.3 is 15.2 Å². The molecule has 2 N–H and O–H groups in total. The highest BCUT2D eigenvalue weighted by atomic mass is 127. The van der Waals surface area contributed by atoms with Gasteiger partial charge >= 0.3 is 0 Å². The van der Waals surface area contributed by atoms with Crippen LogP contribution in [0.25, 0.3) is 17.2 Å². The molecule has 2 aromatic rings. The fourth-order valence-corrected chi connectivity index (χ4v) is 4.25. The molecule has 1 aliphatic carbocycles. The molecule has 6 nitrogen and oxygen atoms in total. The Morgan fingerprint density at radius 2 is 2.00 bits per heavy atom. The van der Waals surface area contributed by atoms with Gasteiger partial charge in [-0.3, -0.25) is 0 Å². The molecular weight excluding hydrogens is 491 g/mol. The molecule has 0 saturated heterocycles. The van der Waals surface area contributed by atoms with Crippen LogP contribution < -0.4 is 15.2 Å². The number of nitrogens with two attached hydrogens (primary N) is 1. The van der Waals surface area contributed by atoms with Crippen LogP contribution in [0, 0.1) is 33.2 Å². The lowest BCUT2D eigenvalue weighted by atomic mass is 9.95. The highest BCUT2D eigenvalue weighted by molar-refractivity contribution is 14.1. The van der Waals surface area contributed by atoms with Gasteiger partial charge in [0, 0.05) is 5.56 Å². The summed E-state index contributed by atoms with van der Waals surface area (Å²) >= 11 is 2.20. The highest BCUT2D eigenvalue weighted by Crippen LogP contribution is 2.45. The molecule has 1 aromatic carbocycles. The molecule has 0 aliphatic heterocycles. The molecule has 0 spiro atoms. The van der Waals surface area contributed by atoms with Crippen LogP contribution in [0.2, 0.25) is 0 Å². The number of pyridine rings is 1. The molecule has 150 valence electrons. The van der Waals surface area contributed by atoms with Crippen molar-refractivity contribution in [3.63, 3.8) is 0 Å². The van der Waals surface area contributed by atoms with Crippen molar-refractivity contribution in [1.82, 2.24) is 4.98 Å². The van der Waals surface area contributed by atoms with E-state index in [0.29, 0.717) is 40.5 Å². The number of nitrogens with zero attached hydrogens (tertiary/aromatic N) is 3. The van der Waals surface area contributed by atoms with Crippen molar-refractivity contribution in [3.05, 3.63) is 61.9 Å². The number of fused-ring (bicyclic) bond motifs is 1. The van der Waals surface area contributed by atoms with E-state index in [1.165, 1.54) is 0 Å². The summed E-state index contributed by atoms with van der Waals surface area (Å²) in [6, 6.07) is 8.18. The quantitative estimate of drug-likeness (QED) is 0.455. The largest absolute Gasteiger partial charge is 0.493 e. The normalized spacial score (nSPS) is 13.6. The molecule has 0 atom stereocenters. The van der Waals surface area contributed by atoms with Crippen molar-refractivity contribution in [2.75, 3.05) is 19.5 Å². The minimum Gasteiger partial charge on any atom is -0.493 e. The molecule has 30 heavy (non-hydrogen) atoms. The Labute approximate surface area is 189 Å². The van der Waals surface area contributed by atoms with Crippen LogP contribution in [0.5, 0.6) is 11.5 Å². The molecule has 1 aliphatic rings. The molecule has 0 amide bonds. The van der Waals surface area contributed by atoms with E-state index < -0.39 is 0 Å². The number of allylic oxidation sites excluding steroid dienone is 3. The average molecular weight is 510 g/mol. The number of hydrogen-bond donors (Lipinski definition) is 1. The van der Waals surface area contributed by atoms with Gasteiger partial charge in [0.25, 0.3) is 0 Å². The molecule has 1 heterocycles. The fraction of sp³-hybridized carbons (Fsp3) is 0.174. The lowest BCUT2D eigenvalue weighted by molar-refractivity contribution is 0.324. The molecule has 3 rings (SSSR count). The molecule has 0 saturated carbocycles. The lowest BCUT2D eigenvalue weighted by Gasteiger charge is -2.14. The topological polar surface area (TPSA) is 105 Å². The van der Waals surface area contributed by atoms with Crippen molar-refractivity contribution >= 4 is 45.6 Å². The summed E-state index contributed by atoms with van der Waals surface area (Å²) in [5.74, 6) is 1.38. The zero-order valence-corrected chi connectivity index (χ0v) is 19.0. The Balaban J connectivity index is 2.24. The first-order valence-electron chi connectivity index (χ1n) is 9.03. The summed E-state index contributed by atoms with van der Waals surface area (Å²) in [6.07, 6.45) is 3.64. The average Bonchev–Trinajstić information content (AvgIpc) is 2.97. The van der Waals surface area contributed by atoms with E-state index in [9.17, 15) is 10.5 Å². The molecule has 7 heteroatoms. The van der Waals surface area contributed by atoms with Gasteiger partial charge in [-0.05, 0) is 76.9 Å². The van der Waals surface area contributed by atoms with E-state index >= 15 is 0 Å². The molecular formula is C23H19IN4O2. The lowest BCUT2D eigenvalue weighted by Crippen LogP contribution is -2.04. The van der Waals surface area contributed by atoms with E-state index in [1.54, 1.807) is 13.2 Å². The number of nitriles is 2. The van der Waals surface area contributed by atoms with Gasteiger partial charge in [0.05, 0.1) is 27.5 Å². The van der Waals surface area contributed by atoms with Crippen LogP contribution in [-0.4, -0.2) is 18.7 Å². The third kappa shape index (κ3) is 3.53. The van der Waals surface area contributed by atoms with Crippen molar-refractivity contribution in [1.29, 1.82) is 10.5 Å². The van der Waals surface area contributed by atoms with E-state index in [1.807, 2.05) is 32.1 Å². The smallest absolute Gasteiger partial charge is 0.174 e. The summed E-state index contributed by atoms with van der Waals surface area (Å²) in [4.78, 5) is 4.36. The molecule has 0 unspecified atom stereocenters. The molecule has 0 fully saturated rings. The monoisotopic (exact) mass is 510 g/mol. The SMILES string of the molecule is C=CCOc1c(I)cc(C=C2C(C)=C(C#N)c3nc(N)c(C#N)c(C)c32)cc1OC. The first kappa shape index (κ1) is 21.4. The van der Waals surface area contributed by atoms with Gasteiger partial charge in [0.15, 0.2) is 11.5 Å². The zero-order chi connectivity index (χ0) is 22.0. The van der Waals surface area contributed by atoms with Crippen LogP contribution >= 0.6 is 22.6 Å². The maximum absolute atomic E-state index is 9.69. The zero-order valence-electron chi connectivity index (χ0n) is 16.8. The first-order valence-corrected chi connectivity index (χ1v) is 10.1. The van der Waals surface area contributed by atoms with Crippen molar-refractivity contribution in [2.45, 2.75) is 13.8 Å². The van der Waals surface area contributed by atoms with Crippen LogP contribution in [0.15, 0.2) is 30.4 Å². The third-order valence-corrected chi connectivity index (χ3v) is 5.69. The van der Waals surface area contributed by atoms with Crippen LogP contribution in [0.3, 0.4) is 0 Å². The minimum atomic E-state index is 0.135. The summed E-state index contributed by atoms with van der Waals surface area (Å²) in [6.45, 7) is 7.74. The predicted octanol–water partition coefficient (Wildman–Crippen LogP) is 4.87. The number of halogens is 1. The Morgan fingerprint density at radius 3 is 2.60 bits per heavy atom. The second-order valence-electron chi connectivity index (χ2n) is 6.64. The van der Waals surface area contributed by atoms with Crippen molar-refractivity contribution < 1.29 is 9.47 Å². The predicted molar refractivity (Wildman–Crippen MR) is 126 cm³/mol. The third-order valence-electron chi connectivity index (χ3n) is 4.89. The number of ether oxygens (including phenoxy) is 2. The number of methoxy groups -OCH3 is 1. The molecule has 1 aromatic heterocycles. The van der Waals surface area contributed by atoms with Gasteiger partial charge in [-0.15, -0.1) is 0 Å². The number of hydrogen-bond acceptors (Lipinski definition) is 6. The fourth-order valence-electron chi connectivity index (χ4n) is 3.47. The summed E-state index contributed by atoms with van der Waals surface area (Å²) in [7, 11) is 1.59. The highest BCUT2D eigenvalue weighted by Gasteiger charge is 2.29. The number of benzene rings is 1. The standard InChI is InChI=1S/C23H19IN4O2/c1-5-6-30-22-18(24)8-14(9-19(22)29-4)7-15-12(2)16(10-25)21-20(15)13(3)17(11-26)23(27)28-21/h5,7-9H,1,6H2,2-4H3,(H2,27,28). The molecule has 0 bridgehead atoms. The first-order chi connectivity index (χ1) is 14.4. The van der Waals surface area contributed by atoms with E-state index in [2.05, 4.69) is 46.3 Å². The van der Waals surface area contributed by atoms with E-state index in [4.69, 9.17) is 15.2 Å². The van der Waals surface area contributed by atoms with Gasteiger partial charge in [-0.1, -0.05) is 12.7 Å². The minimum absolute atomic E-state index is 0.135. The summed E-state index contributed by atoms with van der Waals surface area (Å²) in [5.41, 5.74) is 11.2.